The molecule has 21 heavy (non-hydrogen) atoms. The topological polar surface area (TPSA) is 33.1 Å². The van der Waals surface area contributed by atoms with E-state index >= 15 is 0 Å². The van der Waals surface area contributed by atoms with Gasteiger partial charge >= 0.3 is 0 Å². The van der Waals surface area contributed by atoms with Crippen molar-refractivity contribution < 1.29 is 13.9 Å². The lowest BCUT2D eigenvalue weighted by Gasteiger charge is -2.16. The quantitative estimate of drug-likeness (QED) is 0.774. The molecule has 1 unspecified atom stereocenters. The molecule has 2 nitrogen and oxygen atoms in total. The fraction of sp³-hybridized carbons (Fsp3) is 0.118. The van der Waals surface area contributed by atoms with Crippen LogP contribution >= 0.6 is 0 Å². The van der Waals surface area contributed by atoms with Crippen LogP contribution in [-0.2, 0) is 0 Å². The smallest absolute Gasteiger partial charge is 0.135 e. The number of rotatable bonds is 2. The van der Waals surface area contributed by atoms with E-state index < -0.39 is 17.7 Å². The highest BCUT2D eigenvalue weighted by molar-refractivity contribution is 5.82. The van der Waals surface area contributed by atoms with Crippen molar-refractivity contribution in [1.82, 2.24) is 4.98 Å². The first-order chi connectivity index (χ1) is 10.1. The second-order valence-electron chi connectivity index (χ2n) is 4.91. The van der Waals surface area contributed by atoms with Gasteiger partial charge in [-0.15, -0.1) is 0 Å². The maximum Gasteiger partial charge on any atom is 0.135 e. The summed E-state index contributed by atoms with van der Waals surface area (Å²) in [6.07, 6.45) is 0.143. The molecule has 0 aliphatic carbocycles. The first-order valence-corrected chi connectivity index (χ1v) is 6.56. The van der Waals surface area contributed by atoms with Gasteiger partial charge in [-0.3, -0.25) is 4.98 Å². The minimum atomic E-state index is -1.38. The van der Waals surface area contributed by atoms with Gasteiger partial charge in [0.15, 0.2) is 0 Å². The standard InChI is InChI=1S/C17H13F2NO/c1-10-6-7-13(18)15(16(10)19)17(21)12-8-9-20-14-5-3-2-4-11(12)14/h2-9,17,21H,1H3. The lowest BCUT2D eigenvalue weighted by molar-refractivity contribution is 0.210. The summed E-state index contributed by atoms with van der Waals surface area (Å²) >= 11 is 0. The van der Waals surface area contributed by atoms with Gasteiger partial charge in [0.2, 0.25) is 0 Å². The summed E-state index contributed by atoms with van der Waals surface area (Å²) in [5.41, 5.74) is 1.07. The van der Waals surface area contributed by atoms with Gasteiger partial charge < -0.3 is 5.11 Å². The number of aliphatic hydroxyl groups is 1. The Morgan fingerprint density at radius 2 is 1.81 bits per heavy atom. The fourth-order valence-corrected chi connectivity index (χ4v) is 2.44. The van der Waals surface area contributed by atoms with E-state index in [0.29, 0.717) is 22.0 Å². The predicted octanol–water partition coefficient (Wildman–Crippen LogP) is 3.90. The molecule has 0 aliphatic rings. The van der Waals surface area contributed by atoms with Crippen LogP contribution < -0.4 is 0 Å². The van der Waals surface area contributed by atoms with Crippen LogP contribution in [0, 0.1) is 18.6 Å². The van der Waals surface area contributed by atoms with Crippen LogP contribution in [-0.4, -0.2) is 10.1 Å². The number of para-hydroxylation sites is 1. The zero-order valence-corrected chi connectivity index (χ0v) is 11.3. The van der Waals surface area contributed by atoms with Crippen molar-refractivity contribution in [3.05, 3.63) is 77.0 Å². The van der Waals surface area contributed by atoms with Gasteiger partial charge in [0.05, 0.1) is 11.1 Å². The molecule has 2 aromatic carbocycles. The minimum absolute atomic E-state index is 0.295. The summed E-state index contributed by atoms with van der Waals surface area (Å²) in [7, 11) is 0. The summed E-state index contributed by atoms with van der Waals surface area (Å²) in [6, 6.07) is 11.3. The lowest BCUT2D eigenvalue weighted by atomic mass is 9.96. The van der Waals surface area contributed by atoms with Gasteiger partial charge in [-0.1, -0.05) is 24.3 Å². The molecule has 1 atom stereocenters. The zero-order valence-electron chi connectivity index (χ0n) is 11.3. The van der Waals surface area contributed by atoms with Crippen LogP contribution in [0.25, 0.3) is 10.9 Å². The SMILES string of the molecule is Cc1ccc(F)c(C(O)c2ccnc3ccccc23)c1F. The third-order valence-electron chi connectivity index (χ3n) is 3.57. The molecule has 3 rings (SSSR count). The Kier molecular flexibility index (Phi) is 3.39. The average Bonchev–Trinajstić information content (AvgIpc) is 2.50. The number of aromatic nitrogens is 1. The number of nitrogens with zero attached hydrogens (tertiary/aromatic N) is 1. The highest BCUT2D eigenvalue weighted by atomic mass is 19.1. The summed E-state index contributed by atoms with van der Waals surface area (Å²) in [5.74, 6) is -1.48. The molecule has 1 N–H and O–H groups in total. The lowest BCUT2D eigenvalue weighted by Crippen LogP contribution is -2.08. The molecule has 0 amide bonds. The number of benzene rings is 2. The third-order valence-corrected chi connectivity index (χ3v) is 3.57. The Balaban J connectivity index is 2.22. The molecule has 0 fully saturated rings. The van der Waals surface area contributed by atoms with Gasteiger partial charge in [-0.2, -0.15) is 0 Å². The number of aryl methyl sites for hydroxylation is 1. The summed E-state index contributed by atoms with van der Waals surface area (Å²) < 4.78 is 28.1. The van der Waals surface area contributed by atoms with Gasteiger partial charge in [0, 0.05) is 11.6 Å². The molecule has 0 bridgehead atoms. The largest absolute Gasteiger partial charge is 0.383 e. The van der Waals surface area contributed by atoms with Gasteiger partial charge in [0.1, 0.15) is 17.7 Å². The maximum absolute atomic E-state index is 14.2. The molecule has 1 heterocycles. The summed E-state index contributed by atoms with van der Waals surface area (Å²) in [6.45, 7) is 1.54. The monoisotopic (exact) mass is 285 g/mol. The molecule has 106 valence electrons. The second-order valence-corrected chi connectivity index (χ2v) is 4.91. The number of fused-ring (bicyclic) bond motifs is 1. The number of pyridine rings is 1. The number of aliphatic hydroxyl groups excluding tert-OH is 1. The summed E-state index contributed by atoms with van der Waals surface area (Å²) in [4.78, 5) is 4.18. The predicted molar refractivity (Wildman–Crippen MR) is 76.9 cm³/mol. The number of hydrogen-bond donors (Lipinski definition) is 1. The Morgan fingerprint density at radius 1 is 1.05 bits per heavy atom. The van der Waals surface area contributed by atoms with E-state index in [1.54, 1.807) is 24.3 Å². The van der Waals surface area contributed by atoms with E-state index in [0.717, 1.165) is 0 Å². The molecule has 4 heteroatoms. The third kappa shape index (κ3) is 2.28. The molecule has 0 spiro atoms. The fourth-order valence-electron chi connectivity index (χ4n) is 2.44. The zero-order chi connectivity index (χ0) is 15.0. The van der Waals surface area contributed by atoms with Crippen molar-refractivity contribution in [2.24, 2.45) is 0 Å². The molecular formula is C17H13F2NO. The van der Waals surface area contributed by atoms with Crippen molar-refractivity contribution in [3.63, 3.8) is 0 Å². The first-order valence-electron chi connectivity index (χ1n) is 6.56. The minimum Gasteiger partial charge on any atom is -0.383 e. The Bertz CT molecular complexity index is 812. The molecular weight excluding hydrogens is 272 g/mol. The number of halogens is 2. The van der Waals surface area contributed by atoms with E-state index in [9.17, 15) is 13.9 Å². The van der Waals surface area contributed by atoms with Gasteiger partial charge in [0.25, 0.3) is 0 Å². The average molecular weight is 285 g/mol. The first kappa shape index (κ1) is 13.6. The Labute approximate surface area is 120 Å². The van der Waals surface area contributed by atoms with Crippen LogP contribution in [0.3, 0.4) is 0 Å². The highest BCUT2D eigenvalue weighted by Crippen LogP contribution is 2.31. The normalized spacial score (nSPS) is 12.6. The van der Waals surface area contributed by atoms with Gasteiger partial charge in [-0.05, 0) is 36.2 Å². The van der Waals surface area contributed by atoms with E-state index in [4.69, 9.17) is 0 Å². The van der Waals surface area contributed by atoms with Crippen LogP contribution in [0.15, 0.2) is 48.7 Å². The van der Waals surface area contributed by atoms with Crippen molar-refractivity contribution in [2.45, 2.75) is 13.0 Å². The number of hydrogen-bond acceptors (Lipinski definition) is 2. The van der Waals surface area contributed by atoms with E-state index in [2.05, 4.69) is 4.98 Å². The second kappa shape index (κ2) is 5.22. The van der Waals surface area contributed by atoms with Crippen molar-refractivity contribution in [3.8, 4) is 0 Å². The highest BCUT2D eigenvalue weighted by Gasteiger charge is 2.22. The van der Waals surface area contributed by atoms with Crippen LogP contribution in [0.4, 0.5) is 8.78 Å². The van der Waals surface area contributed by atoms with E-state index in [1.807, 2.05) is 6.07 Å². The van der Waals surface area contributed by atoms with Crippen LogP contribution in [0.5, 0.6) is 0 Å². The molecule has 0 radical (unpaired) electrons. The van der Waals surface area contributed by atoms with Crippen LogP contribution in [0.2, 0.25) is 0 Å². The molecule has 0 saturated heterocycles. The molecule has 3 aromatic rings. The Morgan fingerprint density at radius 3 is 2.62 bits per heavy atom. The molecule has 0 saturated carbocycles. The van der Waals surface area contributed by atoms with Crippen LogP contribution in [0.1, 0.15) is 22.8 Å². The molecule has 1 aromatic heterocycles. The van der Waals surface area contributed by atoms with E-state index in [-0.39, 0.29) is 5.56 Å². The Hall–Kier alpha value is -2.33. The van der Waals surface area contributed by atoms with Crippen molar-refractivity contribution in [1.29, 1.82) is 0 Å². The van der Waals surface area contributed by atoms with E-state index in [1.165, 1.54) is 25.3 Å². The van der Waals surface area contributed by atoms with Gasteiger partial charge in [-0.25, -0.2) is 8.78 Å². The van der Waals surface area contributed by atoms with Crippen molar-refractivity contribution in [2.75, 3.05) is 0 Å². The maximum atomic E-state index is 14.2. The summed E-state index contributed by atoms with van der Waals surface area (Å²) in [5, 5.41) is 11.1. The van der Waals surface area contributed by atoms with Crippen molar-refractivity contribution >= 4 is 10.9 Å². The molecule has 0 aliphatic heterocycles.